The Labute approximate surface area is 133 Å². The Morgan fingerprint density at radius 2 is 2.14 bits per heavy atom. The molecule has 0 aliphatic carbocycles. The summed E-state index contributed by atoms with van der Waals surface area (Å²) in [5.41, 5.74) is 2.00. The van der Waals surface area contributed by atoms with E-state index in [-0.39, 0.29) is 0 Å². The number of thiazole rings is 1. The van der Waals surface area contributed by atoms with Crippen molar-refractivity contribution in [3.63, 3.8) is 0 Å². The SMILES string of the molecule is CCOc1cc(C)cc(Nc2ncc(-c3ccccn3)s2)n1. The van der Waals surface area contributed by atoms with E-state index in [4.69, 9.17) is 4.74 Å². The Kier molecular flexibility index (Phi) is 4.29. The first kappa shape index (κ1) is 14.5. The number of nitrogens with zero attached hydrogens (tertiary/aromatic N) is 3. The fraction of sp³-hybridized carbons (Fsp3) is 0.188. The maximum atomic E-state index is 5.46. The van der Waals surface area contributed by atoms with Gasteiger partial charge in [-0.05, 0) is 37.6 Å². The molecule has 0 spiro atoms. The Balaban J connectivity index is 1.81. The van der Waals surface area contributed by atoms with Crippen LogP contribution in [-0.2, 0) is 0 Å². The predicted molar refractivity (Wildman–Crippen MR) is 88.8 cm³/mol. The van der Waals surface area contributed by atoms with Gasteiger partial charge in [-0.25, -0.2) is 4.98 Å². The number of rotatable bonds is 5. The first-order valence-corrected chi connectivity index (χ1v) is 7.82. The van der Waals surface area contributed by atoms with Crippen molar-refractivity contribution in [3.8, 4) is 16.5 Å². The van der Waals surface area contributed by atoms with Crippen LogP contribution in [0.4, 0.5) is 10.9 Å². The summed E-state index contributed by atoms with van der Waals surface area (Å²) in [4.78, 5) is 14.1. The van der Waals surface area contributed by atoms with Crippen LogP contribution in [0.2, 0.25) is 0 Å². The van der Waals surface area contributed by atoms with E-state index in [0.717, 1.165) is 27.1 Å². The van der Waals surface area contributed by atoms with E-state index in [1.807, 2.05) is 50.4 Å². The molecular formula is C16H16N4OS. The molecule has 6 heteroatoms. The van der Waals surface area contributed by atoms with Gasteiger partial charge in [0.05, 0.1) is 17.2 Å². The van der Waals surface area contributed by atoms with Gasteiger partial charge in [-0.3, -0.25) is 4.98 Å². The van der Waals surface area contributed by atoms with E-state index < -0.39 is 0 Å². The van der Waals surface area contributed by atoms with E-state index >= 15 is 0 Å². The summed E-state index contributed by atoms with van der Waals surface area (Å²) in [6.07, 6.45) is 3.59. The topological polar surface area (TPSA) is 59.9 Å². The van der Waals surface area contributed by atoms with E-state index in [0.29, 0.717) is 12.5 Å². The quantitative estimate of drug-likeness (QED) is 0.770. The molecule has 1 N–H and O–H groups in total. The highest BCUT2D eigenvalue weighted by atomic mass is 32.1. The van der Waals surface area contributed by atoms with Crippen molar-refractivity contribution in [2.24, 2.45) is 0 Å². The van der Waals surface area contributed by atoms with Gasteiger partial charge in [-0.15, -0.1) is 0 Å². The molecular weight excluding hydrogens is 296 g/mol. The molecule has 112 valence electrons. The molecule has 0 radical (unpaired) electrons. The molecule has 0 atom stereocenters. The molecule has 0 saturated carbocycles. The van der Waals surface area contributed by atoms with Crippen LogP contribution in [0.3, 0.4) is 0 Å². The molecule has 0 amide bonds. The van der Waals surface area contributed by atoms with E-state index in [9.17, 15) is 0 Å². The molecule has 0 aromatic carbocycles. The van der Waals surface area contributed by atoms with Crippen LogP contribution < -0.4 is 10.1 Å². The highest BCUT2D eigenvalue weighted by Crippen LogP contribution is 2.29. The Bertz CT molecular complexity index is 758. The van der Waals surface area contributed by atoms with Gasteiger partial charge in [0.25, 0.3) is 0 Å². The largest absolute Gasteiger partial charge is 0.478 e. The summed E-state index contributed by atoms with van der Waals surface area (Å²) in [5.74, 6) is 1.34. The number of aryl methyl sites for hydroxylation is 1. The summed E-state index contributed by atoms with van der Waals surface area (Å²) in [7, 11) is 0. The molecule has 3 rings (SSSR count). The molecule has 0 bridgehead atoms. The van der Waals surface area contributed by atoms with E-state index in [2.05, 4.69) is 20.3 Å². The molecule has 0 fully saturated rings. The number of hydrogen-bond acceptors (Lipinski definition) is 6. The summed E-state index contributed by atoms with van der Waals surface area (Å²) < 4.78 is 5.46. The van der Waals surface area contributed by atoms with Crippen molar-refractivity contribution < 1.29 is 4.74 Å². The molecule has 0 aliphatic heterocycles. The molecule has 22 heavy (non-hydrogen) atoms. The Morgan fingerprint density at radius 1 is 1.23 bits per heavy atom. The number of aromatic nitrogens is 3. The summed E-state index contributed by atoms with van der Waals surface area (Å²) in [5, 5.41) is 4.00. The fourth-order valence-electron chi connectivity index (χ4n) is 1.99. The monoisotopic (exact) mass is 312 g/mol. The van der Waals surface area contributed by atoms with Gasteiger partial charge in [0.2, 0.25) is 5.88 Å². The molecule has 5 nitrogen and oxygen atoms in total. The lowest BCUT2D eigenvalue weighted by Gasteiger charge is -2.07. The third-order valence-electron chi connectivity index (χ3n) is 2.90. The van der Waals surface area contributed by atoms with Crippen molar-refractivity contribution in [2.45, 2.75) is 13.8 Å². The molecule has 0 saturated heterocycles. The number of ether oxygens (including phenoxy) is 1. The van der Waals surface area contributed by atoms with Crippen LogP contribution in [-0.4, -0.2) is 21.6 Å². The van der Waals surface area contributed by atoms with Crippen LogP contribution in [0, 0.1) is 6.92 Å². The second-order valence-corrected chi connectivity index (χ2v) is 5.70. The third-order valence-corrected chi connectivity index (χ3v) is 3.83. The lowest BCUT2D eigenvalue weighted by molar-refractivity contribution is 0.327. The second-order valence-electron chi connectivity index (χ2n) is 4.67. The van der Waals surface area contributed by atoms with Crippen molar-refractivity contribution >= 4 is 22.3 Å². The first-order chi connectivity index (χ1) is 10.7. The fourth-order valence-corrected chi connectivity index (χ4v) is 2.79. The lowest BCUT2D eigenvalue weighted by Crippen LogP contribution is -1.99. The average molecular weight is 312 g/mol. The second kappa shape index (κ2) is 6.53. The van der Waals surface area contributed by atoms with Gasteiger partial charge in [-0.2, -0.15) is 4.98 Å². The number of nitrogens with one attached hydrogen (secondary N) is 1. The van der Waals surface area contributed by atoms with Gasteiger partial charge in [-0.1, -0.05) is 17.4 Å². The van der Waals surface area contributed by atoms with Crippen molar-refractivity contribution in [3.05, 3.63) is 48.3 Å². The molecule has 3 aromatic rings. The highest BCUT2D eigenvalue weighted by molar-refractivity contribution is 7.18. The van der Waals surface area contributed by atoms with Gasteiger partial charge in [0.15, 0.2) is 5.13 Å². The number of pyridine rings is 2. The predicted octanol–water partition coefficient (Wildman–Crippen LogP) is 4.05. The molecule has 0 aliphatic rings. The average Bonchev–Trinajstić information content (AvgIpc) is 2.96. The minimum absolute atomic E-state index is 0.594. The number of anilines is 2. The highest BCUT2D eigenvalue weighted by Gasteiger charge is 2.07. The Hall–Kier alpha value is -2.47. The zero-order valence-electron chi connectivity index (χ0n) is 12.4. The van der Waals surface area contributed by atoms with Crippen LogP contribution in [0.15, 0.2) is 42.7 Å². The third kappa shape index (κ3) is 3.40. The summed E-state index contributed by atoms with van der Waals surface area (Å²) in [6.45, 7) is 4.55. The zero-order valence-corrected chi connectivity index (χ0v) is 13.2. The van der Waals surface area contributed by atoms with Gasteiger partial charge in [0.1, 0.15) is 5.82 Å². The number of hydrogen-bond donors (Lipinski definition) is 1. The van der Waals surface area contributed by atoms with Crippen molar-refractivity contribution in [1.82, 2.24) is 15.0 Å². The van der Waals surface area contributed by atoms with Crippen LogP contribution in [0.5, 0.6) is 5.88 Å². The first-order valence-electron chi connectivity index (χ1n) is 7.00. The minimum atomic E-state index is 0.594. The van der Waals surface area contributed by atoms with Gasteiger partial charge in [0, 0.05) is 18.5 Å². The van der Waals surface area contributed by atoms with E-state index in [1.54, 1.807) is 17.5 Å². The lowest BCUT2D eigenvalue weighted by atomic mass is 10.3. The van der Waals surface area contributed by atoms with E-state index in [1.165, 1.54) is 0 Å². The molecule has 3 heterocycles. The normalized spacial score (nSPS) is 10.5. The standard InChI is InChI=1S/C16H16N4OS/c1-3-21-15-9-11(2)8-14(19-15)20-16-18-10-13(22-16)12-6-4-5-7-17-12/h4-10H,3H2,1-2H3,(H,18,19,20). The summed E-state index contributed by atoms with van der Waals surface area (Å²) >= 11 is 1.54. The van der Waals surface area contributed by atoms with Crippen molar-refractivity contribution in [2.75, 3.05) is 11.9 Å². The van der Waals surface area contributed by atoms with Gasteiger partial charge >= 0.3 is 0 Å². The van der Waals surface area contributed by atoms with Crippen molar-refractivity contribution in [1.29, 1.82) is 0 Å². The van der Waals surface area contributed by atoms with Crippen LogP contribution in [0.25, 0.3) is 10.6 Å². The minimum Gasteiger partial charge on any atom is -0.478 e. The maximum Gasteiger partial charge on any atom is 0.215 e. The van der Waals surface area contributed by atoms with Crippen LogP contribution in [0.1, 0.15) is 12.5 Å². The smallest absolute Gasteiger partial charge is 0.215 e. The maximum absolute atomic E-state index is 5.46. The van der Waals surface area contributed by atoms with Crippen LogP contribution >= 0.6 is 11.3 Å². The van der Waals surface area contributed by atoms with Gasteiger partial charge < -0.3 is 10.1 Å². The zero-order chi connectivity index (χ0) is 15.4. The Morgan fingerprint density at radius 3 is 2.91 bits per heavy atom. The summed E-state index contributed by atoms with van der Waals surface area (Å²) in [6, 6.07) is 9.71. The molecule has 0 unspecified atom stereocenters. The molecule has 3 aromatic heterocycles.